The fraction of sp³-hybridized carbons (Fsp3) is 0.520. The number of halogens is 5. The van der Waals surface area contributed by atoms with Gasteiger partial charge in [0.2, 0.25) is 10.0 Å². The molecule has 1 N–H and O–H groups in total. The van der Waals surface area contributed by atoms with Gasteiger partial charge in [0, 0.05) is 42.9 Å². The zero-order valence-corrected chi connectivity index (χ0v) is 22.3. The summed E-state index contributed by atoms with van der Waals surface area (Å²) in [7, 11) is -3.55. The van der Waals surface area contributed by atoms with Gasteiger partial charge in [-0.15, -0.1) is 12.4 Å². The number of benzene rings is 2. The Labute approximate surface area is 222 Å². The highest BCUT2D eigenvalue weighted by molar-refractivity contribution is 7.89. The van der Waals surface area contributed by atoms with Gasteiger partial charge < -0.3 is 4.90 Å². The van der Waals surface area contributed by atoms with Crippen LogP contribution in [-0.2, 0) is 16.2 Å². The molecule has 2 aromatic rings. The van der Waals surface area contributed by atoms with Crippen molar-refractivity contribution in [2.75, 3.05) is 37.6 Å². The molecule has 2 aromatic carbocycles. The molecule has 200 valence electrons. The predicted molar refractivity (Wildman–Crippen MR) is 139 cm³/mol. The summed E-state index contributed by atoms with van der Waals surface area (Å²) in [6.07, 6.45) is 0.338. The molecule has 1 saturated carbocycles. The van der Waals surface area contributed by atoms with Crippen molar-refractivity contribution in [3.63, 3.8) is 0 Å². The first-order valence-corrected chi connectivity index (χ1v) is 13.9. The van der Waals surface area contributed by atoms with Crippen LogP contribution in [0.1, 0.15) is 37.7 Å². The lowest BCUT2D eigenvalue weighted by molar-refractivity contribution is -0.137. The average molecular weight is 567 g/mol. The number of hydrogen-bond donors (Lipinski definition) is 1. The summed E-state index contributed by atoms with van der Waals surface area (Å²) in [6.45, 7) is 4.03. The Balaban J connectivity index is 0.00000361. The number of piperazine rings is 1. The molecule has 0 bridgehead atoms. The monoisotopic (exact) mass is 565 g/mol. The van der Waals surface area contributed by atoms with Crippen molar-refractivity contribution in [2.24, 2.45) is 5.92 Å². The standard InChI is InChI=1S/C25H31ClF3N3O2S.ClH/c26-21-6-10-24(11-7-21)35(33,34)30-22-8-4-19(5-9-22)12-13-31-14-16-32(17-15-31)23-3-1-2-20(18-23)25(27,28)29;/h1-3,6-7,10-11,18-19,22,30H,4-5,8-9,12-17H2;1H. The highest BCUT2D eigenvalue weighted by Crippen LogP contribution is 2.32. The molecule has 0 amide bonds. The van der Waals surface area contributed by atoms with Gasteiger partial charge in [-0.25, -0.2) is 13.1 Å². The van der Waals surface area contributed by atoms with Gasteiger partial charge in [0.15, 0.2) is 0 Å². The summed E-state index contributed by atoms with van der Waals surface area (Å²) in [6, 6.07) is 11.7. The van der Waals surface area contributed by atoms with Gasteiger partial charge in [-0.05, 0) is 87.0 Å². The molecular formula is C25H32Cl2F3N3O2S. The van der Waals surface area contributed by atoms with E-state index in [0.29, 0.717) is 29.7 Å². The second kappa shape index (κ2) is 12.3. The van der Waals surface area contributed by atoms with Crippen LogP contribution < -0.4 is 9.62 Å². The molecule has 0 unspecified atom stereocenters. The summed E-state index contributed by atoms with van der Waals surface area (Å²) < 4.78 is 67.1. The van der Waals surface area contributed by atoms with Crippen LogP contribution in [0.5, 0.6) is 0 Å². The first-order chi connectivity index (χ1) is 16.6. The van der Waals surface area contributed by atoms with Crippen molar-refractivity contribution >= 4 is 39.7 Å². The smallest absolute Gasteiger partial charge is 0.369 e. The Morgan fingerprint density at radius 2 is 1.58 bits per heavy atom. The van der Waals surface area contributed by atoms with Crippen molar-refractivity contribution in [1.29, 1.82) is 0 Å². The first-order valence-electron chi connectivity index (χ1n) is 12.0. The molecule has 1 aliphatic heterocycles. The first kappa shape index (κ1) is 29.0. The highest BCUT2D eigenvalue weighted by atomic mass is 35.5. The van der Waals surface area contributed by atoms with Gasteiger partial charge >= 0.3 is 6.18 Å². The van der Waals surface area contributed by atoms with Crippen LogP contribution in [0.15, 0.2) is 53.4 Å². The predicted octanol–water partition coefficient (Wildman–Crippen LogP) is 5.83. The third kappa shape index (κ3) is 7.74. The zero-order valence-electron chi connectivity index (χ0n) is 19.9. The van der Waals surface area contributed by atoms with Crippen molar-refractivity contribution in [3.05, 3.63) is 59.1 Å². The molecule has 11 heteroatoms. The van der Waals surface area contributed by atoms with Crippen LogP contribution in [-0.4, -0.2) is 52.1 Å². The average Bonchev–Trinajstić information content (AvgIpc) is 2.84. The van der Waals surface area contributed by atoms with E-state index in [-0.39, 0.29) is 23.3 Å². The second-order valence-electron chi connectivity index (χ2n) is 9.46. The number of sulfonamides is 1. The Morgan fingerprint density at radius 3 is 2.19 bits per heavy atom. The van der Waals surface area contributed by atoms with E-state index in [1.165, 1.54) is 24.3 Å². The molecule has 0 aromatic heterocycles. The van der Waals surface area contributed by atoms with Gasteiger partial charge in [0.1, 0.15) is 0 Å². The lowest BCUT2D eigenvalue weighted by Crippen LogP contribution is -2.47. The molecule has 4 rings (SSSR count). The van der Waals surface area contributed by atoms with Crippen LogP contribution in [0.25, 0.3) is 0 Å². The summed E-state index contributed by atoms with van der Waals surface area (Å²) in [5, 5.41) is 0.501. The number of nitrogens with zero attached hydrogens (tertiary/aromatic N) is 2. The van der Waals surface area contributed by atoms with E-state index in [9.17, 15) is 21.6 Å². The van der Waals surface area contributed by atoms with E-state index in [1.54, 1.807) is 18.2 Å². The Bertz CT molecular complexity index is 1080. The van der Waals surface area contributed by atoms with Crippen LogP contribution in [0, 0.1) is 5.92 Å². The number of rotatable bonds is 7. The third-order valence-electron chi connectivity index (χ3n) is 7.06. The molecule has 5 nitrogen and oxygen atoms in total. The van der Waals surface area contributed by atoms with E-state index in [4.69, 9.17) is 11.6 Å². The largest absolute Gasteiger partial charge is 0.416 e. The fourth-order valence-electron chi connectivity index (χ4n) is 4.94. The van der Waals surface area contributed by atoms with E-state index >= 15 is 0 Å². The van der Waals surface area contributed by atoms with Gasteiger partial charge in [-0.3, -0.25) is 4.90 Å². The van der Waals surface area contributed by atoms with Crippen molar-refractivity contribution in [1.82, 2.24) is 9.62 Å². The molecule has 0 radical (unpaired) electrons. The number of nitrogens with one attached hydrogen (secondary N) is 1. The molecule has 0 atom stereocenters. The maximum atomic E-state index is 13.0. The molecule has 1 saturated heterocycles. The molecule has 2 fully saturated rings. The summed E-state index contributed by atoms with van der Waals surface area (Å²) in [5.41, 5.74) is 0.0161. The minimum Gasteiger partial charge on any atom is -0.369 e. The lowest BCUT2D eigenvalue weighted by Gasteiger charge is -2.37. The molecule has 36 heavy (non-hydrogen) atoms. The fourth-order valence-corrected chi connectivity index (χ4v) is 6.37. The van der Waals surface area contributed by atoms with Crippen molar-refractivity contribution in [3.8, 4) is 0 Å². The minimum atomic E-state index is -4.33. The normalized spacial score (nSPS) is 21.7. The lowest BCUT2D eigenvalue weighted by atomic mass is 9.84. The van der Waals surface area contributed by atoms with Crippen molar-refractivity contribution in [2.45, 2.75) is 49.2 Å². The molecule has 0 spiro atoms. The molecule has 1 heterocycles. The third-order valence-corrected chi connectivity index (χ3v) is 8.85. The zero-order chi connectivity index (χ0) is 25.1. The van der Waals surface area contributed by atoms with Crippen LogP contribution in [0.3, 0.4) is 0 Å². The summed E-state index contributed by atoms with van der Waals surface area (Å²) >= 11 is 5.85. The molecule has 2 aliphatic rings. The van der Waals surface area contributed by atoms with Crippen LogP contribution in [0.4, 0.5) is 18.9 Å². The number of anilines is 1. The SMILES string of the molecule is Cl.O=S(=O)(NC1CCC(CCN2CCN(c3cccc(C(F)(F)F)c3)CC2)CC1)c1ccc(Cl)cc1. The van der Waals surface area contributed by atoms with Gasteiger partial charge in [0.25, 0.3) is 0 Å². The van der Waals surface area contributed by atoms with Crippen LogP contribution >= 0.6 is 24.0 Å². The van der Waals surface area contributed by atoms with E-state index in [2.05, 4.69) is 9.62 Å². The maximum absolute atomic E-state index is 13.0. The number of alkyl halides is 3. The summed E-state index contributed by atoms with van der Waals surface area (Å²) in [4.78, 5) is 4.62. The van der Waals surface area contributed by atoms with Gasteiger partial charge in [-0.2, -0.15) is 13.2 Å². The molecular weight excluding hydrogens is 534 g/mol. The quantitative estimate of drug-likeness (QED) is 0.459. The Kier molecular flexibility index (Phi) is 9.96. The maximum Gasteiger partial charge on any atom is 0.416 e. The molecule has 1 aliphatic carbocycles. The van der Waals surface area contributed by atoms with E-state index in [0.717, 1.165) is 57.8 Å². The van der Waals surface area contributed by atoms with Gasteiger partial charge in [0.05, 0.1) is 10.5 Å². The van der Waals surface area contributed by atoms with E-state index in [1.807, 2.05) is 4.90 Å². The topological polar surface area (TPSA) is 52.7 Å². The summed E-state index contributed by atoms with van der Waals surface area (Å²) in [5.74, 6) is 0.563. The Hall–Kier alpha value is -1.52. The van der Waals surface area contributed by atoms with E-state index < -0.39 is 21.8 Å². The van der Waals surface area contributed by atoms with Crippen LogP contribution in [0.2, 0.25) is 5.02 Å². The van der Waals surface area contributed by atoms with Crippen molar-refractivity contribution < 1.29 is 21.6 Å². The van der Waals surface area contributed by atoms with Gasteiger partial charge in [-0.1, -0.05) is 17.7 Å². The Morgan fingerprint density at radius 1 is 0.944 bits per heavy atom. The highest BCUT2D eigenvalue weighted by Gasteiger charge is 2.31. The number of hydrogen-bond acceptors (Lipinski definition) is 4. The second-order valence-corrected chi connectivity index (χ2v) is 11.6. The minimum absolute atomic E-state index is 0.